The minimum atomic E-state index is 0.0347. The third-order valence-electron chi connectivity index (χ3n) is 3.50. The molecule has 0 N–H and O–H groups in total. The number of thioether (sulfide) groups is 1. The second-order valence-electron chi connectivity index (χ2n) is 5.58. The molecule has 1 aromatic heterocycles. The Bertz CT molecular complexity index is 775. The van der Waals surface area contributed by atoms with Crippen LogP contribution >= 0.6 is 23.1 Å². The molecular formula is C18H18N2OS2. The predicted molar refractivity (Wildman–Crippen MR) is 100 cm³/mol. The Morgan fingerprint density at radius 3 is 2.52 bits per heavy atom. The number of rotatable bonds is 3. The van der Waals surface area contributed by atoms with E-state index >= 15 is 0 Å². The minimum Gasteiger partial charge on any atom is -0.284 e. The Balaban J connectivity index is 1.98. The van der Waals surface area contributed by atoms with E-state index in [4.69, 9.17) is 0 Å². The molecule has 2 aromatic rings. The summed E-state index contributed by atoms with van der Waals surface area (Å²) in [6.07, 6.45) is 1.98. The third kappa shape index (κ3) is 3.41. The average Bonchev–Trinajstić information content (AvgIpc) is 3.05. The molecule has 3 rings (SSSR count). The van der Waals surface area contributed by atoms with Crippen LogP contribution in [0.1, 0.15) is 24.3 Å². The average molecular weight is 342 g/mol. The number of hydrogen-bond donors (Lipinski definition) is 0. The molecule has 1 fully saturated rings. The largest absolute Gasteiger partial charge is 0.284 e. The van der Waals surface area contributed by atoms with Crippen LogP contribution in [0.5, 0.6) is 0 Å². The van der Waals surface area contributed by atoms with Crippen LogP contribution in [0.4, 0.5) is 5.69 Å². The number of carbonyl (C=O) groups excluding carboxylic acids is 1. The highest BCUT2D eigenvalue weighted by atomic mass is 32.2. The standard InChI is InChI=1S/C18H18N2OS2/c1-12(2)20-17(21)16(11-15-13(3)9-10-22-15)23-18(20)19-14-7-5-4-6-8-14/h4-12H,1-3H3/b16-11-,19-18-. The first-order valence-electron chi connectivity index (χ1n) is 7.47. The van der Waals surface area contributed by atoms with Crippen molar-refractivity contribution in [3.8, 4) is 0 Å². The fraction of sp³-hybridized carbons (Fsp3) is 0.222. The molecule has 5 heteroatoms. The summed E-state index contributed by atoms with van der Waals surface area (Å²) in [6.45, 7) is 6.09. The Morgan fingerprint density at radius 2 is 1.91 bits per heavy atom. The van der Waals surface area contributed by atoms with Gasteiger partial charge in [0.1, 0.15) is 0 Å². The van der Waals surface area contributed by atoms with Crippen molar-refractivity contribution >= 4 is 45.9 Å². The van der Waals surface area contributed by atoms with Crippen molar-refractivity contribution in [3.05, 3.63) is 57.1 Å². The summed E-state index contributed by atoms with van der Waals surface area (Å²) in [4.78, 5) is 21.0. The fourth-order valence-corrected chi connectivity index (χ4v) is 4.32. The number of amides is 1. The summed E-state index contributed by atoms with van der Waals surface area (Å²) in [5.41, 5.74) is 2.06. The number of nitrogens with zero attached hydrogens (tertiary/aromatic N) is 2. The number of carbonyl (C=O) groups is 1. The monoisotopic (exact) mass is 342 g/mol. The zero-order valence-electron chi connectivity index (χ0n) is 13.3. The highest BCUT2D eigenvalue weighted by molar-refractivity contribution is 8.18. The molecule has 0 bridgehead atoms. The molecule has 0 spiro atoms. The summed E-state index contributed by atoms with van der Waals surface area (Å²) < 4.78 is 0. The van der Waals surface area contributed by atoms with Gasteiger partial charge in [0.15, 0.2) is 5.17 Å². The third-order valence-corrected chi connectivity index (χ3v) is 5.45. The Morgan fingerprint density at radius 1 is 1.17 bits per heavy atom. The highest BCUT2D eigenvalue weighted by Crippen LogP contribution is 2.36. The summed E-state index contributed by atoms with van der Waals surface area (Å²) in [6, 6.07) is 11.9. The van der Waals surface area contributed by atoms with E-state index in [1.165, 1.54) is 17.3 Å². The fourth-order valence-electron chi connectivity index (χ4n) is 2.28. The van der Waals surface area contributed by atoms with Crippen LogP contribution in [-0.2, 0) is 4.79 Å². The Kier molecular flexibility index (Phi) is 4.68. The summed E-state index contributed by atoms with van der Waals surface area (Å²) in [7, 11) is 0. The van der Waals surface area contributed by atoms with Crippen LogP contribution in [0.25, 0.3) is 6.08 Å². The van der Waals surface area contributed by atoms with Gasteiger partial charge in [-0.05, 0) is 67.8 Å². The van der Waals surface area contributed by atoms with E-state index in [-0.39, 0.29) is 11.9 Å². The molecule has 2 heterocycles. The van der Waals surface area contributed by atoms with Gasteiger partial charge in [-0.25, -0.2) is 4.99 Å². The minimum absolute atomic E-state index is 0.0347. The number of benzene rings is 1. The van der Waals surface area contributed by atoms with E-state index in [2.05, 4.69) is 18.0 Å². The van der Waals surface area contributed by atoms with Crippen molar-refractivity contribution in [3.63, 3.8) is 0 Å². The van der Waals surface area contributed by atoms with Crippen LogP contribution in [-0.4, -0.2) is 22.0 Å². The Hall–Kier alpha value is -1.85. The molecule has 0 radical (unpaired) electrons. The predicted octanol–water partition coefficient (Wildman–Crippen LogP) is 5.07. The maximum absolute atomic E-state index is 12.7. The van der Waals surface area contributed by atoms with E-state index in [9.17, 15) is 4.79 Å². The second-order valence-corrected chi connectivity index (χ2v) is 7.53. The molecule has 0 unspecified atom stereocenters. The van der Waals surface area contributed by atoms with Gasteiger partial charge in [-0.2, -0.15) is 0 Å². The first-order chi connectivity index (χ1) is 11.1. The van der Waals surface area contributed by atoms with Crippen LogP contribution in [0.3, 0.4) is 0 Å². The summed E-state index contributed by atoms with van der Waals surface area (Å²) >= 11 is 3.10. The first kappa shape index (κ1) is 16.0. The molecule has 23 heavy (non-hydrogen) atoms. The van der Waals surface area contributed by atoms with Gasteiger partial charge in [-0.1, -0.05) is 18.2 Å². The van der Waals surface area contributed by atoms with Crippen LogP contribution in [0, 0.1) is 6.92 Å². The molecule has 1 saturated heterocycles. The van der Waals surface area contributed by atoms with Gasteiger partial charge in [0, 0.05) is 10.9 Å². The van der Waals surface area contributed by atoms with E-state index in [1.54, 1.807) is 16.2 Å². The topological polar surface area (TPSA) is 32.7 Å². The summed E-state index contributed by atoms with van der Waals surface area (Å²) in [5.74, 6) is 0.0347. The maximum atomic E-state index is 12.7. The lowest BCUT2D eigenvalue weighted by Gasteiger charge is -2.19. The normalized spacial score (nSPS) is 18.6. The first-order valence-corrected chi connectivity index (χ1v) is 9.17. The smallest absolute Gasteiger partial charge is 0.267 e. The van der Waals surface area contributed by atoms with E-state index in [1.807, 2.05) is 55.6 Å². The lowest BCUT2D eigenvalue weighted by molar-refractivity contribution is -0.123. The lowest BCUT2D eigenvalue weighted by Crippen LogP contribution is -2.35. The highest BCUT2D eigenvalue weighted by Gasteiger charge is 2.35. The molecule has 1 aliphatic heterocycles. The SMILES string of the molecule is Cc1ccsc1/C=C1\S/C(=N\c2ccccc2)N(C(C)C)C1=O. The van der Waals surface area contributed by atoms with Crippen molar-refractivity contribution in [1.29, 1.82) is 0 Å². The number of amidine groups is 1. The summed E-state index contributed by atoms with van der Waals surface area (Å²) in [5, 5.41) is 2.79. The lowest BCUT2D eigenvalue weighted by atomic mass is 10.2. The molecule has 1 aromatic carbocycles. The molecule has 1 aliphatic rings. The molecule has 0 saturated carbocycles. The van der Waals surface area contributed by atoms with Gasteiger partial charge < -0.3 is 0 Å². The van der Waals surface area contributed by atoms with Crippen molar-refractivity contribution in [2.24, 2.45) is 4.99 Å². The van der Waals surface area contributed by atoms with Crippen molar-refractivity contribution in [2.75, 3.05) is 0 Å². The van der Waals surface area contributed by atoms with Gasteiger partial charge in [0.25, 0.3) is 5.91 Å². The van der Waals surface area contributed by atoms with Gasteiger partial charge in [0.2, 0.25) is 0 Å². The van der Waals surface area contributed by atoms with Crippen molar-refractivity contribution in [2.45, 2.75) is 26.8 Å². The van der Waals surface area contributed by atoms with E-state index < -0.39 is 0 Å². The molecule has 118 valence electrons. The number of hydrogen-bond acceptors (Lipinski definition) is 4. The van der Waals surface area contributed by atoms with Gasteiger partial charge in [0.05, 0.1) is 10.6 Å². The zero-order chi connectivity index (χ0) is 16.4. The van der Waals surface area contributed by atoms with Gasteiger partial charge in [-0.15, -0.1) is 11.3 Å². The maximum Gasteiger partial charge on any atom is 0.267 e. The quantitative estimate of drug-likeness (QED) is 0.730. The van der Waals surface area contributed by atoms with Crippen LogP contribution < -0.4 is 0 Å². The number of aryl methyl sites for hydroxylation is 1. The molecular weight excluding hydrogens is 324 g/mol. The molecule has 0 atom stereocenters. The number of para-hydroxylation sites is 1. The molecule has 0 aliphatic carbocycles. The van der Waals surface area contributed by atoms with Gasteiger partial charge >= 0.3 is 0 Å². The van der Waals surface area contributed by atoms with Crippen molar-refractivity contribution in [1.82, 2.24) is 4.90 Å². The number of aliphatic imine (C=N–C) groups is 1. The van der Waals surface area contributed by atoms with Gasteiger partial charge in [-0.3, -0.25) is 9.69 Å². The zero-order valence-corrected chi connectivity index (χ0v) is 14.9. The van der Waals surface area contributed by atoms with E-state index in [0.29, 0.717) is 0 Å². The van der Waals surface area contributed by atoms with Crippen molar-refractivity contribution < 1.29 is 4.79 Å². The van der Waals surface area contributed by atoms with Crippen LogP contribution in [0.15, 0.2) is 51.7 Å². The molecule has 1 amide bonds. The Labute approximate surface area is 144 Å². The van der Waals surface area contributed by atoms with E-state index in [0.717, 1.165) is 20.6 Å². The van der Waals surface area contributed by atoms with Crippen LogP contribution in [0.2, 0.25) is 0 Å². The molecule has 3 nitrogen and oxygen atoms in total. The second kappa shape index (κ2) is 6.72. The number of thiophene rings is 1.